The number of hydrogen-bond acceptors (Lipinski definition) is 2. The van der Waals surface area contributed by atoms with E-state index in [0.717, 1.165) is 23.7 Å². The largest absolute Gasteiger partial charge is 0.374 e. The molecule has 3 saturated heterocycles. The number of fused-ring (bicyclic) bond motifs is 7. The van der Waals surface area contributed by atoms with Gasteiger partial charge in [-0.25, -0.2) is 0 Å². The fourth-order valence-corrected chi connectivity index (χ4v) is 6.87. The molecule has 0 aromatic heterocycles. The van der Waals surface area contributed by atoms with Gasteiger partial charge in [-0.1, -0.05) is 39.5 Å². The van der Waals surface area contributed by atoms with Crippen molar-refractivity contribution < 1.29 is 9.47 Å². The molecule has 0 aromatic carbocycles. The van der Waals surface area contributed by atoms with Gasteiger partial charge in [0.15, 0.2) is 0 Å². The van der Waals surface area contributed by atoms with Gasteiger partial charge in [0.1, 0.15) is 0 Å². The first kappa shape index (κ1) is 12.5. The van der Waals surface area contributed by atoms with Crippen molar-refractivity contribution in [2.75, 3.05) is 0 Å². The average molecular weight is 276 g/mol. The summed E-state index contributed by atoms with van der Waals surface area (Å²) in [4.78, 5) is 0. The lowest BCUT2D eigenvalue weighted by Crippen LogP contribution is -2.46. The van der Waals surface area contributed by atoms with E-state index in [-0.39, 0.29) is 11.2 Å². The van der Waals surface area contributed by atoms with Gasteiger partial charge in [0.25, 0.3) is 0 Å². The van der Waals surface area contributed by atoms with E-state index in [1.807, 2.05) is 0 Å². The maximum atomic E-state index is 7.02. The molecule has 5 aliphatic rings. The van der Waals surface area contributed by atoms with Crippen molar-refractivity contribution >= 4 is 0 Å². The summed E-state index contributed by atoms with van der Waals surface area (Å²) in [6, 6.07) is 0. The number of ether oxygens (including phenoxy) is 2. The molecule has 0 amide bonds. The van der Waals surface area contributed by atoms with E-state index < -0.39 is 0 Å². The van der Waals surface area contributed by atoms with Gasteiger partial charge in [-0.3, -0.25) is 0 Å². The molecule has 6 atom stereocenters. The second kappa shape index (κ2) is 3.81. The zero-order valence-electron chi connectivity index (χ0n) is 12.9. The van der Waals surface area contributed by atoms with Crippen LogP contribution in [-0.2, 0) is 9.47 Å². The lowest BCUT2D eigenvalue weighted by atomic mass is 9.61. The summed E-state index contributed by atoms with van der Waals surface area (Å²) in [6.07, 6.45) is 11.7. The Morgan fingerprint density at radius 3 is 1.50 bits per heavy atom. The first-order valence-corrected chi connectivity index (χ1v) is 9.03. The molecule has 3 aliphatic heterocycles. The van der Waals surface area contributed by atoms with Crippen LogP contribution in [0.15, 0.2) is 0 Å². The maximum absolute atomic E-state index is 7.02. The van der Waals surface area contributed by atoms with Crippen LogP contribution in [0.4, 0.5) is 0 Å². The highest BCUT2D eigenvalue weighted by molar-refractivity contribution is 5.21. The van der Waals surface area contributed by atoms with Gasteiger partial charge in [0, 0.05) is 11.8 Å². The summed E-state index contributed by atoms with van der Waals surface area (Å²) in [6.45, 7) is 4.85. The molecule has 3 heterocycles. The predicted octanol–water partition coefficient (Wildman–Crippen LogP) is 3.93. The molecule has 0 aromatic rings. The summed E-state index contributed by atoms with van der Waals surface area (Å²) in [5.41, 5.74) is 0.422. The van der Waals surface area contributed by atoms with Crippen LogP contribution in [0.5, 0.6) is 0 Å². The second-order valence-electron chi connectivity index (χ2n) is 8.48. The minimum absolute atomic E-state index is 0.211. The SMILES string of the molecule is CC1C(C)C2OC1C1C2C2(CCCC2)OC12CCCC2. The van der Waals surface area contributed by atoms with E-state index in [1.54, 1.807) is 0 Å². The van der Waals surface area contributed by atoms with Crippen LogP contribution in [0, 0.1) is 23.7 Å². The van der Waals surface area contributed by atoms with E-state index in [9.17, 15) is 0 Å². The van der Waals surface area contributed by atoms with Crippen LogP contribution in [0.2, 0.25) is 0 Å². The van der Waals surface area contributed by atoms with Gasteiger partial charge in [0.05, 0.1) is 23.4 Å². The molecule has 5 fully saturated rings. The minimum atomic E-state index is 0.211. The second-order valence-corrected chi connectivity index (χ2v) is 8.48. The Morgan fingerprint density at radius 2 is 1.10 bits per heavy atom. The molecular weight excluding hydrogens is 248 g/mol. The quantitative estimate of drug-likeness (QED) is 0.667. The molecule has 2 nitrogen and oxygen atoms in total. The molecular formula is C18H28O2. The first-order chi connectivity index (χ1) is 9.67. The number of rotatable bonds is 0. The van der Waals surface area contributed by atoms with Crippen molar-refractivity contribution in [1.82, 2.24) is 0 Å². The Labute approximate surface area is 122 Å². The lowest BCUT2D eigenvalue weighted by Gasteiger charge is -2.38. The molecule has 112 valence electrons. The Hall–Kier alpha value is -0.0800. The van der Waals surface area contributed by atoms with Crippen LogP contribution in [0.25, 0.3) is 0 Å². The zero-order valence-corrected chi connectivity index (χ0v) is 12.9. The summed E-state index contributed by atoms with van der Waals surface area (Å²) in [5, 5.41) is 0. The molecule has 2 heteroatoms. The van der Waals surface area contributed by atoms with E-state index in [0.29, 0.717) is 12.2 Å². The van der Waals surface area contributed by atoms with Gasteiger partial charge < -0.3 is 9.47 Å². The number of hydrogen-bond donors (Lipinski definition) is 0. The fourth-order valence-electron chi connectivity index (χ4n) is 6.87. The van der Waals surface area contributed by atoms with E-state index in [4.69, 9.17) is 9.47 Å². The molecule has 2 spiro atoms. The molecule has 2 saturated carbocycles. The zero-order chi connectivity index (χ0) is 13.5. The van der Waals surface area contributed by atoms with Crippen molar-refractivity contribution in [1.29, 1.82) is 0 Å². The molecule has 0 N–H and O–H groups in total. The molecule has 0 radical (unpaired) electrons. The van der Waals surface area contributed by atoms with Crippen molar-refractivity contribution in [2.45, 2.75) is 88.6 Å². The van der Waals surface area contributed by atoms with Gasteiger partial charge >= 0.3 is 0 Å². The van der Waals surface area contributed by atoms with Crippen LogP contribution in [-0.4, -0.2) is 23.4 Å². The van der Waals surface area contributed by atoms with Crippen molar-refractivity contribution in [3.05, 3.63) is 0 Å². The highest BCUT2D eigenvalue weighted by atomic mass is 16.6. The van der Waals surface area contributed by atoms with Crippen molar-refractivity contribution in [3.8, 4) is 0 Å². The minimum Gasteiger partial charge on any atom is -0.374 e. The Morgan fingerprint density at radius 1 is 0.700 bits per heavy atom. The smallest absolute Gasteiger partial charge is 0.0747 e. The van der Waals surface area contributed by atoms with Gasteiger partial charge in [-0.2, -0.15) is 0 Å². The van der Waals surface area contributed by atoms with E-state index in [2.05, 4.69) is 13.8 Å². The lowest BCUT2D eigenvalue weighted by molar-refractivity contribution is -0.141. The van der Waals surface area contributed by atoms with E-state index in [1.165, 1.54) is 51.4 Å². The van der Waals surface area contributed by atoms with Crippen molar-refractivity contribution in [2.24, 2.45) is 23.7 Å². The van der Waals surface area contributed by atoms with E-state index >= 15 is 0 Å². The van der Waals surface area contributed by atoms with Crippen LogP contribution in [0.1, 0.15) is 65.2 Å². The summed E-state index contributed by atoms with van der Waals surface area (Å²) in [5.74, 6) is 2.91. The third kappa shape index (κ3) is 1.26. The maximum Gasteiger partial charge on any atom is 0.0747 e. The molecule has 2 aliphatic carbocycles. The standard InChI is InChI=1S/C18H28O2/c1-11-12(2)16-14-13(15(11)19-16)17(7-3-4-8-17)20-18(14)9-5-6-10-18/h11-16H,3-10H2,1-2H3. The Kier molecular flexibility index (Phi) is 2.38. The molecule has 5 rings (SSSR count). The first-order valence-electron chi connectivity index (χ1n) is 9.03. The van der Waals surface area contributed by atoms with Gasteiger partial charge in [-0.05, 0) is 37.5 Å². The normalized spacial score (nSPS) is 54.3. The van der Waals surface area contributed by atoms with Crippen LogP contribution >= 0.6 is 0 Å². The third-order valence-electron chi connectivity index (χ3n) is 7.80. The Bertz CT molecular complexity index is 381. The highest BCUT2D eigenvalue weighted by Crippen LogP contribution is 2.68. The Balaban J connectivity index is 1.61. The highest BCUT2D eigenvalue weighted by Gasteiger charge is 2.74. The average Bonchev–Trinajstić information content (AvgIpc) is 3.19. The summed E-state index contributed by atoms with van der Waals surface area (Å²) < 4.78 is 13.6. The topological polar surface area (TPSA) is 18.5 Å². The van der Waals surface area contributed by atoms with Gasteiger partial charge in [0.2, 0.25) is 0 Å². The summed E-state index contributed by atoms with van der Waals surface area (Å²) in [7, 11) is 0. The summed E-state index contributed by atoms with van der Waals surface area (Å²) >= 11 is 0. The monoisotopic (exact) mass is 276 g/mol. The molecule has 20 heavy (non-hydrogen) atoms. The third-order valence-corrected chi connectivity index (χ3v) is 7.80. The van der Waals surface area contributed by atoms with Gasteiger partial charge in [-0.15, -0.1) is 0 Å². The molecule has 6 unspecified atom stereocenters. The van der Waals surface area contributed by atoms with Crippen LogP contribution < -0.4 is 0 Å². The fraction of sp³-hybridized carbons (Fsp3) is 1.00. The molecule has 2 bridgehead atoms. The van der Waals surface area contributed by atoms with Crippen LogP contribution in [0.3, 0.4) is 0 Å². The predicted molar refractivity (Wildman–Crippen MR) is 77.5 cm³/mol. The van der Waals surface area contributed by atoms with Crippen molar-refractivity contribution in [3.63, 3.8) is 0 Å².